The van der Waals surface area contributed by atoms with Crippen molar-refractivity contribution in [3.63, 3.8) is 0 Å². The van der Waals surface area contributed by atoms with Crippen molar-refractivity contribution in [1.82, 2.24) is 9.78 Å². The predicted molar refractivity (Wildman–Crippen MR) is 76.7 cm³/mol. The molecular weight excluding hydrogens is 300 g/mol. The Bertz CT molecular complexity index is 631. The Morgan fingerprint density at radius 1 is 1.43 bits per heavy atom. The minimum Gasteiger partial charge on any atom is -0.435 e. The zero-order chi connectivity index (χ0) is 15.6. The van der Waals surface area contributed by atoms with E-state index < -0.39 is 12.7 Å². The van der Waals surface area contributed by atoms with Gasteiger partial charge < -0.3 is 10.5 Å². The summed E-state index contributed by atoms with van der Waals surface area (Å²) in [6.07, 6.45) is 0.453. The Hall–Kier alpha value is -1.66. The first-order chi connectivity index (χ1) is 9.88. The zero-order valence-corrected chi connectivity index (χ0v) is 12.4. The van der Waals surface area contributed by atoms with Crippen molar-refractivity contribution in [3.8, 4) is 5.75 Å². The van der Waals surface area contributed by atoms with E-state index in [0.29, 0.717) is 17.0 Å². The molecule has 0 aliphatic heterocycles. The number of hydrogen-bond acceptors (Lipinski definition) is 3. The SMILES string of the molecule is Cc1nn(C)c(CC(N)c2cccc(OC(F)F)c2)c1Cl. The number of alkyl halides is 2. The molecule has 1 atom stereocenters. The van der Waals surface area contributed by atoms with Crippen LogP contribution in [0.2, 0.25) is 5.02 Å². The summed E-state index contributed by atoms with van der Waals surface area (Å²) in [5.74, 6) is 0.0882. The van der Waals surface area contributed by atoms with Crippen molar-refractivity contribution >= 4 is 11.6 Å². The molecule has 2 N–H and O–H groups in total. The molecule has 21 heavy (non-hydrogen) atoms. The van der Waals surface area contributed by atoms with Gasteiger partial charge in [-0.25, -0.2) is 0 Å². The average molecular weight is 316 g/mol. The molecule has 1 heterocycles. The van der Waals surface area contributed by atoms with Gasteiger partial charge in [0.25, 0.3) is 0 Å². The van der Waals surface area contributed by atoms with E-state index >= 15 is 0 Å². The maximum atomic E-state index is 12.2. The van der Waals surface area contributed by atoms with Crippen LogP contribution in [0.5, 0.6) is 5.75 Å². The molecule has 0 saturated heterocycles. The number of nitrogens with zero attached hydrogens (tertiary/aromatic N) is 2. The van der Waals surface area contributed by atoms with Crippen LogP contribution >= 0.6 is 11.6 Å². The number of aryl methyl sites for hydroxylation is 2. The first-order valence-corrected chi connectivity index (χ1v) is 6.74. The lowest BCUT2D eigenvalue weighted by Crippen LogP contribution is -2.16. The lowest BCUT2D eigenvalue weighted by molar-refractivity contribution is -0.0499. The van der Waals surface area contributed by atoms with E-state index in [1.807, 2.05) is 6.92 Å². The standard InChI is InChI=1S/C14H16ClF2N3O/c1-8-13(15)12(20(2)19-8)7-11(18)9-4-3-5-10(6-9)21-14(16)17/h3-6,11,14H,7,18H2,1-2H3. The van der Waals surface area contributed by atoms with Gasteiger partial charge in [0.05, 0.1) is 16.4 Å². The van der Waals surface area contributed by atoms with Gasteiger partial charge in [0.2, 0.25) is 0 Å². The summed E-state index contributed by atoms with van der Waals surface area (Å²) in [4.78, 5) is 0. The molecule has 0 fully saturated rings. The summed E-state index contributed by atoms with van der Waals surface area (Å²) in [6, 6.07) is 5.97. The monoisotopic (exact) mass is 315 g/mol. The van der Waals surface area contributed by atoms with E-state index in [2.05, 4.69) is 9.84 Å². The Kier molecular flexibility index (Phi) is 4.80. The number of rotatable bonds is 5. The summed E-state index contributed by atoms with van der Waals surface area (Å²) in [5, 5.41) is 4.80. The van der Waals surface area contributed by atoms with Crippen molar-refractivity contribution in [2.75, 3.05) is 0 Å². The lowest BCUT2D eigenvalue weighted by Gasteiger charge is -2.14. The largest absolute Gasteiger partial charge is 0.435 e. The van der Waals surface area contributed by atoms with Crippen LogP contribution in [0.1, 0.15) is 23.0 Å². The van der Waals surface area contributed by atoms with Gasteiger partial charge in [-0.15, -0.1) is 0 Å². The summed E-state index contributed by atoms with van der Waals surface area (Å²) < 4.78 is 30.5. The third kappa shape index (κ3) is 3.71. The Balaban J connectivity index is 2.18. The fourth-order valence-corrected chi connectivity index (χ4v) is 2.39. The van der Waals surface area contributed by atoms with Crippen LogP contribution in [0.4, 0.5) is 8.78 Å². The van der Waals surface area contributed by atoms with E-state index in [0.717, 1.165) is 11.4 Å². The van der Waals surface area contributed by atoms with Crippen molar-refractivity contribution in [1.29, 1.82) is 0 Å². The highest BCUT2D eigenvalue weighted by Gasteiger charge is 2.16. The Morgan fingerprint density at radius 2 is 2.14 bits per heavy atom. The van der Waals surface area contributed by atoms with E-state index in [-0.39, 0.29) is 5.75 Å². The molecule has 0 spiro atoms. The fraction of sp³-hybridized carbons (Fsp3) is 0.357. The summed E-state index contributed by atoms with van der Waals surface area (Å²) in [6.45, 7) is -1.04. The second-order valence-electron chi connectivity index (χ2n) is 4.73. The van der Waals surface area contributed by atoms with Gasteiger partial charge in [0.1, 0.15) is 5.75 Å². The molecular formula is C14H16ClF2N3O. The Morgan fingerprint density at radius 3 is 2.71 bits per heavy atom. The van der Waals surface area contributed by atoms with Gasteiger partial charge in [-0.3, -0.25) is 4.68 Å². The number of benzene rings is 1. The van der Waals surface area contributed by atoms with Crippen LogP contribution in [0.15, 0.2) is 24.3 Å². The minimum atomic E-state index is -2.86. The number of aromatic nitrogens is 2. The van der Waals surface area contributed by atoms with Gasteiger partial charge in [0, 0.05) is 19.5 Å². The van der Waals surface area contributed by atoms with Crippen LogP contribution in [0, 0.1) is 6.92 Å². The highest BCUT2D eigenvalue weighted by atomic mass is 35.5. The van der Waals surface area contributed by atoms with E-state index in [1.54, 1.807) is 23.9 Å². The second kappa shape index (κ2) is 6.41. The van der Waals surface area contributed by atoms with Crippen LogP contribution in [0.3, 0.4) is 0 Å². The van der Waals surface area contributed by atoms with Gasteiger partial charge in [-0.2, -0.15) is 13.9 Å². The lowest BCUT2D eigenvalue weighted by atomic mass is 10.0. The molecule has 0 aliphatic carbocycles. The molecule has 2 rings (SSSR count). The number of nitrogens with two attached hydrogens (primary N) is 1. The van der Waals surface area contributed by atoms with Gasteiger partial charge >= 0.3 is 6.61 Å². The highest BCUT2D eigenvalue weighted by molar-refractivity contribution is 6.31. The van der Waals surface area contributed by atoms with Crippen LogP contribution in [-0.4, -0.2) is 16.4 Å². The topological polar surface area (TPSA) is 53.1 Å². The molecule has 7 heteroatoms. The third-order valence-electron chi connectivity index (χ3n) is 3.19. The molecule has 2 aromatic rings. The molecule has 0 bridgehead atoms. The van der Waals surface area contributed by atoms with Crippen molar-refractivity contribution in [3.05, 3.63) is 46.2 Å². The first-order valence-electron chi connectivity index (χ1n) is 6.36. The maximum Gasteiger partial charge on any atom is 0.387 e. The van der Waals surface area contributed by atoms with Crippen LogP contribution in [0.25, 0.3) is 0 Å². The summed E-state index contributed by atoms with van der Waals surface area (Å²) in [5.41, 5.74) is 8.37. The molecule has 0 radical (unpaired) electrons. The third-order valence-corrected chi connectivity index (χ3v) is 3.68. The van der Waals surface area contributed by atoms with Crippen LogP contribution in [-0.2, 0) is 13.5 Å². The highest BCUT2D eigenvalue weighted by Crippen LogP contribution is 2.26. The number of hydrogen-bond donors (Lipinski definition) is 1. The van der Waals surface area contributed by atoms with Crippen molar-refractivity contribution in [2.45, 2.75) is 26.0 Å². The average Bonchev–Trinajstić information content (AvgIpc) is 2.65. The Labute approximate surface area is 126 Å². The van der Waals surface area contributed by atoms with Gasteiger partial charge in [-0.05, 0) is 24.6 Å². The molecule has 114 valence electrons. The summed E-state index contributed by atoms with van der Waals surface area (Å²) in [7, 11) is 1.79. The molecule has 4 nitrogen and oxygen atoms in total. The smallest absolute Gasteiger partial charge is 0.387 e. The molecule has 0 saturated carbocycles. The number of halogens is 3. The normalized spacial score (nSPS) is 12.7. The van der Waals surface area contributed by atoms with Crippen molar-refractivity contribution in [2.24, 2.45) is 12.8 Å². The molecule has 0 amide bonds. The molecule has 1 aromatic heterocycles. The van der Waals surface area contributed by atoms with E-state index in [9.17, 15) is 8.78 Å². The van der Waals surface area contributed by atoms with E-state index in [1.165, 1.54) is 12.1 Å². The quantitative estimate of drug-likeness (QED) is 0.921. The maximum absolute atomic E-state index is 12.2. The van der Waals surface area contributed by atoms with E-state index in [4.69, 9.17) is 17.3 Å². The van der Waals surface area contributed by atoms with Gasteiger partial charge in [-0.1, -0.05) is 23.7 Å². The molecule has 0 aliphatic rings. The zero-order valence-electron chi connectivity index (χ0n) is 11.7. The predicted octanol–water partition coefficient (Wildman–Crippen LogP) is 3.23. The molecule has 1 unspecified atom stereocenters. The summed E-state index contributed by atoms with van der Waals surface area (Å²) >= 11 is 6.18. The fourth-order valence-electron chi connectivity index (χ4n) is 2.15. The van der Waals surface area contributed by atoms with Gasteiger partial charge in [0.15, 0.2) is 0 Å². The van der Waals surface area contributed by atoms with Crippen molar-refractivity contribution < 1.29 is 13.5 Å². The van der Waals surface area contributed by atoms with Crippen LogP contribution < -0.4 is 10.5 Å². The second-order valence-corrected chi connectivity index (χ2v) is 5.11. The minimum absolute atomic E-state index is 0.0882. The number of ether oxygens (including phenoxy) is 1. The molecule has 1 aromatic carbocycles. The first kappa shape index (κ1) is 15.7.